The maximum absolute atomic E-state index is 13.2. The molecular formula is C19H25NO4S. The molecule has 136 valence electrons. The number of para-hydroxylation sites is 1. The standard InChI is InChI=1S/C19H25NO4S/c1-13-7-6-8-14(2)20(11-13)19(21)18-16(12-25(3,22)23)15-9-4-5-10-17(15)24-18/h4-5,9-10,13-14H,6-8,11-12H2,1-3H3/t13-,14+/m1/s1. The van der Waals surface area contributed by atoms with Gasteiger partial charge in [-0.1, -0.05) is 31.5 Å². The summed E-state index contributed by atoms with van der Waals surface area (Å²) in [6.45, 7) is 4.87. The molecule has 6 heteroatoms. The van der Waals surface area contributed by atoms with E-state index in [9.17, 15) is 13.2 Å². The number of carbonyl (C=O) groups excluding carboxylic acids is 1. The van der Waals surface area contributed by atoms with Crippen LogP contribution in [0.2, 0.25) is 0 Å². The van der Waals surface area contributed by atoms with Crippen molar-refractivity contribution in [2.24, 2.45) is 5.92 Å². The van der Waals surface area contributed by atoms with E-state index in [1.54, 1.807) is 6.07 Å². The lowest BCUT2D eigenvalue weighted by atomic mass is 10.1. The highest BCUT2D eigenvalue weighted by Crippen LogP contribution is 2.30. The lowest BCUT2D eigenvalue weighted by molar-refractivity contribution is 0.0646. The zero-order valence-electron chi connectivity index (χ0n) is 15.0. The minimum absolute atomic E-state index is 0.122. The second-order valence-corrected chi connectivity index (χ2v) is 9.46. The Morgan fingerprint density at radius 3 is 2.68 bits per heavy atom. The Kier molecular flexibility index (Phi) is 4.91. The Hall–Kier alpha value is -1.82. The van der Waals surface area contributed by atoms with Crippen LogP contribution in [0.25, 0.3) is 11.0 Å². The molecule has 1 fully saturated rings. The summed E-state index contributed by atoms with van der Waals surface area (Å²) >= 11 is 0. The van der Waals surface area contributed by atoms with Crippen molar-refractivity contribution < 1.29 is 17.6 Å². The molecule has 1 aliphatic rings. The number of rotatable bonds is 3. The summed E-state index contributed by atoms with van der Waals surface area (Å²) in [5, 5.41) is 0.701. The van der Waals surface area contributed by atoms with E-state index in [1.807, 2.05) is 23.1 Å². The van der Waals surface area contributed by atoms with E-state index in [-0.39, 0.29) is 23.5 Å². The van der Waals surface area contributed by atoms with Gasteiger partial charge in [0.15, 0.2) is 15.6 Å². The molecule has 1 aromatic carbocycles. The van der Waals surface area contributed by atoms with Crippen LogP contribution >= 0.6 is 0 Å². The average molecular weight is 363 g/mol. The Balaban J connectivity index is 2.07. The molecule has 3 rings (SSSR count). The number of amides is 1. The van der Waals surface area contributed by atoms with E-state index < -0.39 is 9.84 Å². The van der Waals surface area contributed by atoms with E-state index in [4.69, 9.17) is 4.42 Å². The highest BCUT2D eigenvalue weighted by Gasteiger charge is 2.31. The highest BCUT2D eigenvalue weighted by molar-refractivity contribution is 7.89. The van der Waals surface area contributed by atoms with Crippen LogP contribution < -0.4 is 0 Å². The molecule has 0 bridgehead atoms. The fourth-order valence-corrected chi connectivity index (χ4v) is 4.43. The lowest BCUT2D eigenvalue weighted by Crippen LogP contribution is -2.40. The SMILES string of the molecule is C[C@@H]1CCC[C@H](C)N(C(=O)c2oc3ccccc3c2CS(C)(=O)=O)C1. The summed E-state index contributed by atoms with van der Waals surface area (Å²) in [5.41, 5.74) is 1.03. The van der Waals surface area contributed by atoms with E-state index in [1.165, 1.54) is 6.26 Å². The molecule has 0 aliphatic carbocycles. The van der Waals surface area contributed by atoms with Gasteiger partial charge in [0, 0.05) is 29.8 Å². The van der Waals surface area contributed by atoms with E-state index in [0.717, 1.165) is 19.3 Å². The first-order chi connectivity index (χ1) is 11.8. The molecule has 25 heavy (non-hydrogen) atoms. The maximum Gasteiger partial charge on any atom is 0.290 e. The second kappa shape index (κ2) is 6.83. The lowest BCUT2D eigenvalue weighted by Gasteiger charge is -2.28. The number of hydrogen-bond acceptors (Lipinski definition) is 4. The topological polar surface area (TPSA) is 67.6 Å². The van der Waals surface area contributed by atoms with Crippen molar-refractivity contribution >= 4 is 26.7 Å². The summed E-state index contributed by atoms with van der Waals surface area (Å²) < 4.78 is 29.6. The monoisotopic (exact) mass is 363 g/mol. The zero-order valence-corrected chi connectivity index (χ0v) is 15.8. The van der Waals surface area contributed by atoms with Crippen molar-refractivity contribution in [1.29, 1.82) is 0 Å². The molecule has 0 saturated carbocycles. The van der Waals surface area contributed by atoms with Gasteiger partial charge >= 0.3 is 0 Å². The summed E-state index contributed by atoms with van der Waals surface area (Å²) in [4.78, 5) is 15.1. The van der Waals surface area contributed by atoms with Gasteiger partial charge in [-0.15, -0.1) is 0 Å². The number of nitrogens with zero attached hydrogens (tertiary/aromatic N) is 1. The van der Waals surface area contributed by atoms with Crippen LogP contribution in [0.5, 0.6) is 0 Å². The molecule has 2 atom stereocenters. The minimum atomic E-state index is -3.29. The Bertz CT molecular complexity index is 884. The first-order valence-electron chi connectivity index (χ1n) is 8.75. The molecule has 5 nitrogen and oxygen atoms in total. The molecule has 1 aliphatic heterocycles. The van der Waals surface area contributed by atoms with Crippen LogP contribution in [0, 0.1) is 5.92 Å². The van der Waals surface area contributed by atoms with Crippen LogP contribution in [0.4, 0.5) is 0 Å². The van der Waals surface area contributed by atoms with Gasteiger partial charge in [-0.05, 0) is 31.7 Å². The average Bonchev–Trinajstić information content (AvgIpc) is 2.79. The third-order valence-corrected chi connectivity index (χ3v) is 5.73. The zero-order chi connectivity index (χ0) is 18.2. The number of furan rings is 1. The minimum Gasteiger partial charge on any atom is -0.451 e. The van der Waals surface area contributed by atoms with Gasteiger partial charge in [0.1, 0.15) is 5.58 Å². The van der Waals surface area contributed by atoms with Crippen molar-refractivity contribution in [2.75, 3.05) is 12.8 Å². The Morgan fingerprint density at radius 1 is 1.24 bits per heavy atom. The quantitative estimate of drug-likeness (QED) is 0.835. The van der Waals surface area contributed by atoms with Crippen molar-refractivity contribution in [3.05, 3.63) is 35.6 Å². The second-order valence-electron chi connectivity index (χ2n) is 7.32. The predicted octanol–water partition coefficient (Wildman–Crippen LogP) is 3.63. The molecular weight excluding hydrogens is 338 g/mol. The van der Waals surface area contributed by atoms with Crippen LogP contribution in [0.1, 0.15) is 49.2 Å². The van der Waals surface area contributed by atoms with Crippen molar-refractivity contribution in [2.45, 2.75) is 44.9 Å². The van der Waals surface area contributed by atoms with E-state index >= 15 is 0 Å². The maximum atomic E-state index is 13.2. The smallest absolute Gasteiger partial charge is 0.290 e. The Labute approximate surface area is 148 Å². The van der Waals surface area contributed by atoms with Crippen molar-refractivity contribution in [1.82, 2.24) is 4.90 Å². The van der Waals surface area contributed by atoms with Gasteiger partial charge in [-0.2, -0.15) is 0 Å². The largest absolute Gasteiger partial charge is 0.451 e. The van der Waals surface area contributed by atoms with Crippen LogP contribution in [0.15, 0.2) is 28.7 Å². The summed E-state index contributed by atoms with van der Waals surface area (Å²) in [6, 6.07) is 7.35. The van der Waals surface area contributed by atoms with Gasteiger partial charge in [-0.25, -0.2) is 8.42 Å². The molecule has 2 aromatic rings. The molecule has 1 saturated heterocycles. The van der Waals surface area contributed by atoms with Gasteiger partial charge in [0.05, 0.1) is 5.75 Å². The molecule has 0 N–H and O–H groups in total. The number of carbonyl (C=O) groups is 1. The first kappa shape index (κ1) is 18.0. The predicted molar refractivity (Wildman–Crippen MR) is 98.3 cm³/mol. The molecule has 0 spiro atoms. The normalized spacial score (nSPS) is 22.1. The number of hydrogen-bond donors (Lipinski definition) is 0. The molecule has 1 aromatic heterocycles. The van der Waals surface area contributed by atoms with Gasteiger partial charge in [-0.3, -0.25) is 4.79 Å². The number of sulfone groups is 1. The van der Waals surface area contributed by atoms with Gasteiger partial charge < -0.3 is 9.32 Å². The molecule has 2 heterocycles. The number of fused-ring (bicyclic) bond motifs is 1. The molecule has 1 amide bonds. The van der Waals surface area contributed by atoms with Crippen LogP contribution in [-0.2, 0) is 15.6 Å². The Morgan fingerprint density at radius 2 is 1.96 bits per heavy atom. The van der Waals surface area contributed by atoms with Gasteiger partial charge in [0.25, 0.3) is 5.91 Å². The third kappa shape index (κ3) is 3.89. The molecule has 0 unspecified atom stereocenters. The fraction of sp³-hybridized carbons (Fsp3) is 0.526. The van der Waals surface area contributed by atoms with E-state index in [0.29, 0.717) is 29.0 Å². The van der Waals surface area contributed by atoms with Gasteiger partial charge in [0.2, 0.25) is 0 Å². The first-order valence-corrected chi connectivity index (χ1v) is 10.8. The molecule has 0 radical (unpaired) electrons. The third-order valence-electron chi connectivity index (χ3n) is 4.92. The number of benzene rings is 1. The number of likely N-dealkylation sites (tertiary alicyclic amines) is 1. The van der Waals surface area contributed by atoms with Crippen molar-refractivity contribution in [3.63, 3.8) is 0 Å². The fourth-order valence-electron chi connectivity index (χ4n) is 3.62. The summed E-state index contributed by atoms with van der Waals surface area (Å²) in [5.74, 6) is 0.211. The summed E-state index contributed by atoms with van der Waals surface area (Å²) in [6.07, 6.45) is 4.34. The highest BCUT2D eigenvalue weighted by atomic mass is 32.2. The van der Waals surface area contributed by atoms with Crippen molar-refractivity contribution in [3.8, 4) is 0 Å². The van der Waals surface area contributed by atoms with E-state index in [2.05, 4.69) is 13.8 Å². The summed E-state index contributed by atoms with van der Waals surface area (Å²) in [7, 11) is -3.29. The van der Waals surface area contributed by atoms with Crippen LogP contribution in [-0.4, -0.2) is 38.1 Å². The van der Waals surface area contributed by atoms with Crippen LogP contribution in [0.3, 0.4) is 0 Å².